The molecule has 0 N–H and O–H groups in total. The number of hydrogen-bond acceptors (Lipinski definition) is 1. The van der Waals surface area contributed by atoms with E-state index in [4.69, 9.17) is 11.6 Å². The average molecular weight is 318 g/mol. The molecule has 1 aromatic heterocycles. The van der Waals surface area contributed by atoms with Crippen LogP contribution < -0.4 is 0 Å². The zero-order valence-corrected chi connectivity index (χ0v) is 12.5. The number of thiophene rings is 1. The van der Waals surface area contributed by atoms with Gasteiger partial charge in [0.25, 0.3) is 0 Å². The van der Waals surface area contributed by atoms with E-state index in [2.05, 4.69) is 53.4 Å². The summed E-state index contributed by atoms with van der Waals surface area (Å²) in [5, 5.41) is 3.61. The van der Waals surface area contributed by atoms with Gasteiger partial charge in [0, 0.05) is 9.17 Å². The molecule has 0 nitrogen and oxygen atoms in total. The van der Waals surface area contributed by atoms with Crippen molar-refractivity contribution in [2.24, 2.45) is 5.92 Å². The predicted octanol–water partition coefficient (Wildman–Crippen LogP) is 5.99. The van der Waals surface area contributed by atoms with Gasteiger partial charge < -0.3 is 0 Å². The Morgan fingerprint density at radius 1 is 1.38 bits per heavy atom. The van der Waals surface area contributed by atoms with Crippen LogP contribution in [0.2, 0.25) is 0 Å². The largest absolute Gasteiger partial charge is 0.142 e. The molecule has 1 aromatic carbocycles. The quantitative estimate of drug-likeness (QED) is 0.610. The molecule has 0 amide bonds. The summed E-state index contributed by atoms with van der Waals surface area (Å²) < 4.78 is 2.46. The number of halogens is 2. The molecule has 0 bridgehead atoms. The van der Waals surface area contributed by atoms with E-state index in [0.717, 1.165) is 10.9 Å². The Morgan fingerprint density at radius 3 is 2.81 bits per heavy atom. The zero-order valence-electron chi connectivity index (χ0n) is 9.34. The number of benzene rings is 1. The van der Waals surface area contributed by atoms with Crippen molar-refractivity contribution in [2.45, 2.75) is 25.6 Å². The molecule has 0 saturated heterocycles. The number of hydrogen-bond donors (Lipinski definition) is 0. The molecular weight excluding hydrogens is 304 g/mol. The lowest BCUT2D eigenvalue weighted by Crippen LogP contribution is -1.95. The maximum absolute atomic E-state index is 6.47. The topological polar surface area (TPSA) is 0 Å². The first-order valence-corrected chi connectivity index (χ1v) is 7.50. The van der Waals surface area contributed by atoms with Gasteiger partial charge in [0.1, 0.15) is 0 Å². The van der Waals surface area contributed by atoms with Crippen LogP contribution in [-0.4, -0.2) is 0 Å². The summed E-state index contributed by atoms with van der Waals surface area (Å²) in [6.07, 6.45) is 1.03. The molecular formula is C13H14BrClS. The highest BCUT2D eigenvalue weighted by atomic mass is 79.9. The van der Waals surface area contributed by atoms with Gasteiger partial charge in [-0.1, -0.05) is 26.0 Å². The highest BCUT2D eigenvalue weighted by Gasteiger charge is 2.15. The van der Waals surface area contributed by atoms with Crippen molar-refractivity contribution in [3.05, 3.63) is 33.6 Å². The molecule has 16 heavy (non-hydrogen) atoms. The first kappa shape index (κ1) is 12.4. The molecule has 0 aliphatic carbocycles. The van der Waals surface area contributed by atoms with Gasteiger partial charge in [0.2, 0.25) is 0 Å². The van der Waals surface area contributed by atoms with Crippen LogP contribution in [0.1, 0.15) is 31.2 Å². The summed E-state index contributed by atoms with van der Waals surface area (Å²) in [4.78, 5) is 0. The van der Waals surface area contributed by atoms with Crippen LogP contribution in [0, 0.1) is 5.92 Å². The minimum atomic E-state index is 0.128. The van der Waals surface area contributed by atoms with Gasteiger partial charge in [-0.15, -0.1) is 22.9 Å². The van der Waals surface area contributed by atoms with E-state index >= 15 is 0 Å². The first-order chi connectivity index (χ1) is 7.59. The number of fused-ring (bicyclic) bond motifs is 1. The van der Waals surface area contributed by atoms with Gasteiger partial charge in [0.15, 0.2) is 0 Å². The maximum atomic E-state index is 6.47. The Balaban J connectivity index is 2.42. The Kier molecular flexibility index (Phi) is 3.93. The van der Waals surface area contributed by atoms with Crippen LogP contribution >= 0.6 is 38.9 Å². The molecule has 1 unspecified atom stereocenters. The summed E-state index contributed by atoms with van der Waals surface area (Å²) in [6, 6.07) is 6.30. The second kappa shape index (κ2) is 5.07. The molecule has 0 aliphatic heterocycles. The van der Waals surface area contributed by atoms with Crippen molar-refractivity contribution in [3.63, 3.8) is 0 Å². The summed E-state index contributed by atoms with van der Waals surface area (Å²) in [5.74, 6) is 0.629. The monoisotopic (exact) mass is 316 g/mol. The number of rotatable bonds is 3. The molecule has 1 heterocycles. The fourth-order valence-electron chi connectivity index (χ4n) is 1.83. The highest BCUT2D eigenvalue weighted by Crippen LogP contribution is 2.39. The molecule has 3 heteroatoms. The zero-order chi connectivity index (χ0) is 11.7. The predicted molar refractivity (Wildman–Crippen MR) is 77.6 cm³/mol. The molecule has 0 aliphatic rings. The third-order valence-electron chi connectivity index (χ3n) is 2.60. The molecule has 1 atom stereocenters. The molecule has 0 spiro atoms. The molecule has 0 saturated carbocycles. The Morgan fingerprint density at radius 2 is 2.12 bits per heavy atom. The number of alkyl halides is 1. The van der Waals surface area contributed by atoms with Gasteiger partial charge in [-0.25, -0.2) is 0 Å². The van der Waals surface area contributed by atoms with Gasteiger partial charge in [-0.05, 0) is 50.7 Å². The van der Waals surface area contributed by atoms with Gasteiger partial charge in [-0.2, -0.15) is 0 Å². The molecule has 0 fully saturated rings. The van der Waals surface area contributed by atoms with Crippen molar-refractivity contribution in [3.8, 4) is 0 Å². The molecule has 86 valence electrons. The van der Waals surface area contributed by atoms with Crippen molar-refractivity contribution in [1.82, 2.24) is 0 Å². The fraction of sp³-hybridized carbons (Fsp3) is 0.385. The van der Waals surface area contributed by atoms with Crippen LogP contribution in [0.15, 0.2) is 28.1 Å². The van der Waals surface area contributed by atoms with Gasteiger partial charge >= 0.3 is 0 Å². The lowest BCUT2D eigenvalue weighted by molar-refractivity contribution is 0.577. The SMILES string of the molecule is CC(C)CC(Cl)c1csc2c(Br)cccc12. The Labute approximate surface area is 114 Å². The van der Waals surface area contributed by atoms with E-state index in [1.54, 1.807) is 11.3 Å². The highest BCUT2D eigenvalue weighted by molar-refractivity contribution is 9.10. The average Bonchev–Trinajstić information content (AvgIpc) is 2.61. The summed E-state index contributed by atoms with van der Waals surface area (Å²) in [6.45, 7) is 4.42. The van der Waals surface area contributed by atoms with E-state index in [1.807, 2.05) is 0 Å². The Hall–Kier alpha value is -0.0500. The first-order valence-electron chi connectivity index (χ1n) is 5.39. The van der Waals surface area contributed by atoms with Crippen LogP contribution in [0.4, 0.5) is 0 Å². The van der Waals surface area contributed by atoms with Crippen molar-refractivity contribution < 1.29 is 0 Å². The van der Waals surface area contributed by atoms with Crippen LogP contribution in [0.3, 0.4) is 0 Å². The summed E-state index contributed by atoms with van der Waals surface area (Å²) >= 11 is 11.8. The van der Waals surface area contributed by atoms with E-state index in [1.165, 1.54) is 15.6 Å². The van der Waals surface area contributed by atoms with E-state index in [0.29, 0.717) is 5.92 Å². The standard InChI is InChI=1S/C13H14BrClS/c1-8(2)6-12(15)10-7-16-13-9(10)4-3-5-11(13)14/h3-5,7-8,12H,6H2,1-2H3. The minimum Gasteiger partial charge on any atom is -0.142 e. The summed E-state index contributed by atoms with van der Waals surface area (Å²) in [5.41, 5.74) is 1.27. The van der Waals surface area contributed by atoms with Crippen LogP contribution in [0.25, 0.3) is 10.1 Å². The maximum Gasteiger partial charge on any atom is 0.0602 e. The normalized spacial score (nSPS) is 13.6. The molecule has 2 rings (SSSR count). The minimum absolute atomic E-state index is 0.128. The second-order valence-corrected chi connectivity index (χ2v) is 6.67. The lowest BCUT2D eigenvalue weighted by Gasteiger charge is -2.11. The van der Waals surface area contributed by atoms with Crippen LogP contribution in [-0.2, 0) is 0 Å². The van der Waals surface area contributed by atoms with Crippen molar-refractivity contribution in [1.29, 1.82) is 0 Å². The lowest BCUT2D eigenvalue weighted by atomic mass is 10.0. The third-order valence-corrected chi connectivity index (χ3v) is 4.98. The van der Waals surface area contributed by atoms with Crippen molar-refractivity contribution >= 4 is 49.0 Å². The molecule has 0 radical (unpaired) electrons. The smallest absolute Gasteiger partial charge is 0.0602 e. The van der Waals surface area contributed by atoms with Gasteiger partial charge in [-0.3, -0.25) is 0 Å². The van der Waals surface area contributed by atoms with E-state index in [9.17, 15) is 0 Å². The van der Waals surface area contributed by atoms with E-state index in [-0.39, 0.29) is 5.38 Å². The van der Waals surface area contributed by atoms with Crippen molar-refractivity contribution in [2.75, 3.05) is 0 Å². The fourth-order valence-corrected chi connectivity index (χ4v) is 4.11. The second-order valence-electron chi connectivity index (χ2n) is 4.40. The summed E-state index contributed by atoms with van der Waals surface area (Å²) in [7, 11) is 0. The van der Waals surface area contributed by atoms with E-state index < -0.39 is 0 Å². The van der Waals surface area contributed by atoms with Crippen LogP contribution in [0.5, 0.6) is 0 Å². The Bertz CT molecular complexity index is 490. The third kappa shape index (κ3) is 2.44. The molecule has 2 aromatic rings. The van der Waals surface area contributed by atoms with Gasteiger partial charge in [0.05, 0.1) is 5.38 Å².